The topological polar surface area (TPSA) is 169 Å². The van der Waals surface area contributed by atoms with Crippen LogP contribution in [-0.2, 0) is 26.1 Å². The van der Waals surface area contributed by atoms with Crippen molar-refractivity contribution >= 4 is 33.5 Å². The molecule has 0 unspecified atom stereocenters. The van der Waals surface area contributed by atoms with E-state index in [0.717, 1.165) is 0 Å². The van der Waals surface area contributed by atoms with E-state index in [1.54, 1.807) is 73.7 Å². The molecule has 10 nitrogen and oxygen atoms in total. The standard InChI is InChI=1S/C25H27N5O5S/c1-2-35-23(31)16-30(15-17-6-5-7-19(14-17)24(26)27)25(32)29-20-12-10-18(11-13-20)21-8-3-4-9-22(21)36(28,33)34/h3-14H,2,15-16H2,1H3,(H3,26,27)(H,29,32)(H2,28,33,34). The van der Waals surface area contributed by atoms with E-state index in [2.05, 4.69) is 5.32 Å². The van der Waals surface area contributed by atoms with Crippen molar-refractivity contribution in [1.82, 2.24) is 4.90 Å². The second-order valence-corrected chi connectivity index (χ2v) is 9.35. The first-order valence-electron chi connectivity index (χ1n) is 11.0. The van der Waals surface area contributed by atoms with Crippen LogP contribution in [0.3, 0.4) is 0 Å². The molecule has 36 heavy (non-hydrogen) atoms. The number of urea groups is 1. The van der Waals surface area contributed by atoms with E-state index in [-0.39, 0.29) is 30.4 Å². The summed E-state index contributed by atoms with van der Waals surface area (Å²) in [5.74, 6) is -0.673. The first-order valence-corrected chi connectivity index (χ1v) is 12.5. The highest BCUT2D eigenvalue weighted by Gasteiger charge is 2.20. The van der Waals surface area contributed by atoms with Crippen molar-refractivity contribution in [3.05, 3.63) is 83.9 Å². The molecule has 0 bridgehead atoms. The van der Waals surface area contributed by atoms with Crippen LogP contribution in [0.2, 0.25) is 0 Å². The van der Waals surface area contributed by atoms with E-state index >= 15 is 0 Å². The van der Waals surface area contributed by atoms with Gasteiger partial charge in [0.25, 0.3) is 0 Å². The zero-order valence-corrected chi connectivity index (χ0v) is 20.4. The number of carbonyl (C=O) groups excluding carboxylic acids is 2. The molecule has 0 saturated carbocycles. The number of esters is 1. The van der Waals surface area contributed by atoms with E-state index < -0.39 is 22.0 Å². The number of nitrogen functional groups attached to an aromatic ring is 1. The number of rotatable bonds is 9. The lowest BCUT2D eigenvalue weighted by Crippen LogP contribution is -2.39. The van der Waals surface area contributed by atoms with Gasteiger partial charge in [0.2, 0.25) is 10.0 Å². The average molecular weight is 510 g/mol. The van der Waals surface area contributed by atoms with Gasteiger partial charge in [0, 0.05) is 23.4 Å². The molecule has 0 aliphatic carbocycles. The third-order valence-corrected chi connectivity index (χ3v) is 6.13. The molecule has 3 rings (SSSR count). The van der Waals surface area contributed by atoms with E-state index in [1.807, 2.05) is 0 Å². The molecule has 3 aromatic rings. The van der Waals surface area contributed by atoms with Crippen LogP contribution in [0.4, 0.5) is 10.5 Å². The molecule has 0 aromatic heterocycles. The number of ether oxygens (including phenoxy) is 1. The van der Waals surface area contributed by atoms with E-state index in [0.29, 0.717) is 27.9 Å². The number of benzene rings is 3. The van der Waals surface area contributed by atoms with Gasteiger partial charge in [-0.15, -0.1) is 0 Å². The van der Waals surface area contributed by atoms with Crippen LogP contribution < -0.4 is 16.2 Å². The maximum absolute atomic E-state index is 13.1. The van der Waals surface area contributed by atoms with Gasteiger partial charge in [-0.25, -0.2) is 18.4 Å². The van der Waals surface area contributed by atoms with Crippen molar-refractivity contribution in [3.8, 4) is 11.1 Å². The molecular formula is C25H27N5O5S. The van der Waals surface area contributed by atoms with Crippen LogP contribution in [-0.4, -0.2) is 44.3 Å². The fourth-order valence-electron chi connectivity index (χ4n) is 3.51. The Balaban J connectivity index is 1.81. The Bertz CT molecular complexity index is 1370. The maximum atomic E-state index is 13.1. The molecule has 3 aromatic carbocycles. The summed E-state index contributed by atoms with van der Waals surface area (Å²) in [7, 11) is -3.92. The number of amides is 2. The number of sulfonamides is 1. The Labute approximate surface area is 209 Å². The van der Waals surface area contributed by atoms with Crippen LogP contribution in [0.1, 0.15) is 18.1 Å². The quantitative estimate of drug-likeness (QED) is 0.196. The number of hydrogen-bond acceptors (Lipinski definition) is 6. The molecule has 0 saturated heterocycles. The van der Waals surface area contributed by atoms with Crippen molar-refractivity contribution in [2.24, 2.45) is 10.9 Å². The van der Waals surface area contributed by atoms with E-state index in [4.69, 9.17) is 21.0 Å². The lowest BCUT2D eigenvalue weighted by Gasteiger charge is -2.22. The van der Waals surface area contributed by atoms with Crippen molar-refractivity contribution in [2.75, 3.05) is 18.5 Å². The number of amidine groups is 1. The summed E-state index contributed by atoms with van der Waals surface area (Å²) in [5.41, 5.74) is 8.21. The third-order valence-electron chi connectivity index (χ3n) is 5.16. The van der Waals surface area contributed by atoms with E-state index in [9.17, 15) is 18.0 Å². The van der Waals surface area contributed by atoms with Crippen LogP contribution >= 0.6 is 0 Å². The van der Waals surface area contributed by atoms with Gasteiger partial charge in [-0.05, 0) is 42.3 Å². The Morgan fingerprint density at radius 1 is 1.03 bits per heavy atom. The number of primary sulfonamides is 1. The van der Waals surface area contributed by atoms with Gasteiger partial charge in [0.1, 0.15) is 12.4 Å². The van der Waals surface area contributed by atoms with E-state index in [1.165, 1.54) is 11.0 Å². The normalized spacial score (nSPS) is 10.9. The molecule has 0 aliphatic rings. The molecule has 188 valence electrons. The van der Waals surface area contributed by atoms with Gasteiger partial charge in [-0.2, -0.15) is 0 Å². The summed E-state index contributed by atoms with van der Waals surface area (Å²) in [6, 6.07) is 19.2. The summed E-state index contributed by atoms with van der Waals surface area (Å²) in [4.78, 5) is 26.5. The predicted molar refractivity (Wildman–Crippen MR) is 137 cm³/mol. The summed E-state index contributed by atoms with van der Waals surface area (Å²) >= 11 is 0. The van der Waals surface area contributed by atoms with Crippen LogP contribution in [0.15, 0.2) is 77.7 Å². The summed E-state index contributed by atoms with van der Waals surface area (Å²) in [5, 5.41) is 15.7. The molecule has 0 radical (unpaired) electrons. The predicted octanol–water partition coefficient (Wildman–Crippen LogP) is 2.88. The van der Waals surface area contributed by atoms with Gasteiger partial charge < -0.3 is 20.7 Å². The number of nitrogens with zero attached hydrogens (tertiary/aromatic N) is 1. The average Bonchev–Trinajstić information content (AvgIpc) is 2.84. The molecule has 11 heteroatoms. The number of nitrogens with two attached hydrogens (primary N) is 2. The molecular weight excluding hydrogens is 482 g/mol. The number of anilines is 1. The highest BCUT2D eigenvalue weighted by molar-refractivity contribution is 7.89. The molecule has 0 heterocycles. The number of nitrogens with one attached hydrogen (secondary N) is 2. The third kappa shape index (κ3) is 6.90. The monoisotopic (exact) mass is 509 g/mol. The largest absolute Gasteiger partial charge is 0.465 e. The minimum Gasteiger partial charge on any atom is -0.465 e. The first kappa shape index (κ1) is 26.4. The minimum absolute atomic E-state index is 0.00446. The van der Waals surface area contributed by atoms with Crippen molar-refractivity contribution in [1.29, 1.82) is 5.41 Å². The Hall–Kier alpha value is -4.22. The summed E-state index contributed by atoms with van der Waals surface area (Å²) in [6.45, 7) is 1.64. The Morgan fingerprint density at radius 2 is 1.72 bits per heavy atom. The number of carbonyl (C=O) groups is 2. The minimum atomic E-state index is -3.92. The molecule has 0 spiro atoms. The van der Waals surface area contributed by atoms with Crippen LogP contribution in [0.5, 0.6) is 0 Å². The fraction of sp³-hybridized carbons (Fsp3) is 0.160. The maximum Gasteiger partial charge on any atom is 0.325 e. The highest BCUT2D eigenvalue weighted by atomic mass is 32.2. The zero-order valence-electron chi connectivity index (χ0n) is 19.6. The van der Waals surface area contributed by atoms with Crippen LogP contribution in [0, 0.1) is 5.41 Å². The van der Waals surface area contributed by atoms with Gasteiger partial charge >= 0.3 is 12.0 Å². The molecule has 2 amide bonds. The van der Waals surface area contributed by atoms with Gasteiger partial charge in [-0.3, -0.25) is 10.2 Å². The van der Waals surface area contributed by atoms with Crippen LogP contribution in [0.25, 0.3) is 11.1 Å². The Kier molecular flexibility index (Phi) is 8.41. The molecule has 0 atom stereocenters. The lowest BCUT2D eigenvalue weighted by atomic mass is 10.1. The van der Waals surface area contributed by atoms with Crippen molar-refractivity contribution in [2.45, 2.75) is 18.4 Å². The second-order valence-electron chi connectivity index (χ2n) is 7.82. The summed E-state index contributed by atoms with van der Waals surface area (Å²) < 4.78 is 28.8. The number of hydrogen-bond donors (Lipinski definition) is 4. The SMILES string of the molecule is CCOC(=O)CN(Cc1cccc(C(=N)N)c1)C(=O)Nc1ccc(-c2ccccc2S(N)(=O)=O)cc1. The van der Waals surface area contributed by atoms with Crippen molar-refractivity contribution < 1.29 is 22.7 Å². The second kappa shape index (κ2) is 11.5. The van der Waals surface area contributed by atoms with Gasteiger partial charge in [0.15, 0.2) is 0 Å². The molecule has 0 aliphatic heterocycles. The smallest absolute Gasteiger partial charge is 0.325 e. The highest BCUT2D eigenvalue weighted by Crippen LogP contribution is 2.27. The summed E-state index contributed by atoms with van der Waals surface area (Å²) in [6.07, 6.45) is 0. The van der Waals surface area contributed by atoms with Crippen molar-refractivity contribution in [3.63, 3.8) is 0 Å². The first-order chi connectivity index (χ1) is 17.1. The molecule has 0 fully saturated rings. The van der Waals surface area contributed by atoms with Gasteiger partial charge in [-0.1, -0.05) is 48.5 Å². The lowest BCUT2D eigenvalue weighted by molar-refractivity contribution is -0.143. The zero-order chi connectivity index (χ0) is 26.3. The Morgan fingerprint density at radius 3 is 2.36 bits per heavy atom. The van der Waals surface area contributed by atoms with Gasteiger partial charge in [0.05, 0.1) is 11.5 Å². The molecule has 6 N–H and O–H groups in total. The fourth-order valence-corrected chi connectivity index (χ4v) is 4.27.